The van der Waals surface area contributed by atoms with E-state index < -0.39 is 9.84 Å². The summed E-state index contributed by atoms with van der Waals surface area (Å²) in [6.07, 6.45) is 3.60. The second-order valence-corrected chi connectivity index (χ2v) is 6.89. The standard InChI is InChI=1S/C9H14N2O2S2/c12-15(13,9-11-4-5-14-9)7-8-2-1-3-10-6-8/h4-5,8,10H,1-3,6-7H2. The normalized spacial score (nSPS) is 22.8. The van der Waals surface area contributed by atoms with E-state index >= 15 is 0 Å². The van der Waals surface area contributed by atoms with Gasteiger partial charge in [-0.25, -0.2) is 13.4 Å². The smallest absolute Gasteiger partial charge is 0.209 e. The number of rotatable bonds is 3. The number of hydrogen-bond acceptors (Lipinski definition) is 5. The molecule has 0 bridgehead atoms. The van der Waals surface area contributed by atoms with E-state index in [1.165, 1.54) is 17.5 Å². The summed E-state index contributed by atoms with van der Waals surface area (Å²) in [4.78, 5) is 3.86. The monoisotopic (exact) mass is 246 g/mol. The van der Waals surface area contributed by atoms with Gasteiger partial charge in [0, 0.05) is 11.6 Å². The van der Waals surface area contributed by atoms with Crippen LogP contribution < -0.4 is 5.32 Å². The highest BCUT2D eigenvalue weighted by molar-refractivity contribution is 7.93. The van der Waals surface area contributed by atoms with Crippen LogP contribution in [0.3, 0.4) is 0 Å². The molecule has 84 valence electrons. The van der Waals surface area contributed by atoms with Crippen molar-refractivity contribution >= 4 is 21.2 Å². The third kappa shape index (κ3) is 2.76. The number of nitrogens with zero attached hydrogens (tertiary/aromatic N) is 1. The lowest BCUT2D eigenvalue weighted by Gasteiger charge is -2.21. The van der Waals surface area contributed by atoms with Crippen LogP contribution in [0.15, 0.2) is 15.9 Å². The molecule has 1 unspecified atom stereocenters. The molecule has 1 saturated heterocycles. The topological polar surface area (TPSA) is 59.1 Å². The fourth-order valence-electron chi connectivity index (χ4n) is 1.81. The zero-order valence-electron chi connectivity index (χ0n) is 8.35. The summed E-state index contributed by atoms with van der Waals surface area (Å²) >= 11 is 1.20. The Morgan fingerprint density at radius 3 is 3.07 bits per heavy atom. The van der Waals surface area contributed by atoms with Crippen molar-refractivity contribution in [2.75, 3.05) is 18.8 Å². The molecule has 1 aliphatic heterocycles. The van der Waals surface area contributed by atoms with E-state index in [0.29, 0.717) is 0 Å². The highest BCUT2D eigenvalue weighted by Gasteiger charge is 2.24. The van der Waals surface area contributed by atoms with E-state index in [1.807, 2.05) is 0 Å². The van der Waals surface area contributed by atoms with Gasteiger partial charge in [0.15, 0.2) is 0 Å². The maximum Gasteiger partial charge on any atom is 0.209 e. The molecular formula is C9H14N2O2S2. The molecule has 0 saturated carbocycles. The Hall–Kier alpha value is -0.460. The van der Waals surface area contributed by atoms with Crippen molar-refractivity contribution in [2.24, 2.45) is 5.92 Å². The molecule has 4 nitrogen and oxygen atoms in total. The molecule has 0 amide bonds. The van der Waals surface area contributed by atoms with E-state index in [4.69, 9.17) is 0 Å². The molecule has 1 N–H and O–H groups in total. The van der Waals surface area contributed by atoms with Crippen molar-refractivity contribution in [2.45, 2.75) is 17.2 Å². The Labute approximate surface area is 93.7 Å². The first-order chi connectivity index (χ1) is 7.18. The minimum absolute atomic E-state index is 0.230. The van der Waals surface area contributed by atoms with Crippen molar-refractivity contribution in [1.29, 1.82) is 0 Å². The van der Waals surface area contributed by atoms with Crippen LogP contribution in [0.5, 0.6) is 0 Å². The Kier molecular flexibility index (Phi) is 3.38. The SMILES string of the molecule is O=S(=O)(CC1CCCNC1)c1nccs1. The minimum Gasteiger partial charge on any atom is -0.316 e. The molecule has 0 aromatic carbocycles. The second-order valence-electron chi connectivity index (χ2n) is 3.79. The summed E-state index contributed by atoms with van der Waals surface area (Å²) in [6.45, 7) is 1.82. The van der Waals surface area contributed by atoms with Gasteiger partial charge in [-0.05, 0) is 31.8 Å². The number of hydrogen-bond donors (Lipinski definition) is 1. The zero-order valence-corrected chi connectivity index (χ0v) is 9.98. The quantitative estimate of drug-likeness (QED) is 0.861. The summed E-state index contributed by atoms with van der Waals surface area (Å²) in [6, 6.07) is 0. The predicted molar refractivity (Wildman–Crippen MR) is 59.8 cm³/mol. The minimum atomic E-state index is -3.15. The Bertz CT molecular complexity index is 394. The molecule has 0 spiro atoms. The molecule has 0 aliphatic carbocycles. The third-order valence-electron chi connectivity index (χ3n) is 2.53. The molecule has 1 aromatic rings. The van der Waals surface area contributed by atoms with Crippen molar-refractivity contribution in [3.8, 4) is 0 Å². The van der Waals surface area contributed by atoms with E-state index in [1.54, 1.807) is 5.38 Å². The van der Waals surface area contributed by atoms with Gasteiger partial charge in [-0.15, -0.1) is 11.3 Å². The van der Waals surface area contributed by atoms with Crippen LogP contribution in [0.2, 0.25) is 0 Å². The lowest BCUT2D eigenvalue weighted by atomic mass is 10.0. The molecule has 1 atom stereocenters. The first-order valence-electron chi connectivity index (χ1n) is 5.01. The van der Waals surface area contributed by atoms with Crippen LogP contribution in [-0.4, -0.2) is 32.2 Å². The number of thiazole rings is 1. The lowest BCUT2D eigenvalue weighted by molar-refractivity contribution is 0.404. The Morgan fingerprint density at radius 2 is 2.47 bits per heavy atom. The van der Waals surface area contributed by atoms with Crippen LogP contribution in [-0.2, 0) is 9.84 Å². The van der Waals surface area contributed by atoms with Gasteiger partial charge in [0.1, 0.15) is 0 Å². The molecule has 1 aliphatic rings. The number of sulfone groups is 1. The maximum atomic E-state index is 11.9. The fraction of sp³-hybridized carbons (Fsp3) is 0.667. The summed E-state index contributed by atoms with van der Waals surface area (Å²) in [5.41, 5.74) is 0. The van der Waals surface area contributed by atoms with Crippen LogP contribution in [0, 0.1) is 5.92 Å². The maximum absolute atomic E-state index is 11.9. The summed E-state index contributed by atoms with van der Waals surface area (Å²) < 4.78 is 24.0. The van der Waals surface area contributed by atoms with E-state index in [0.717, 1.165) is 25.9 Å². The van der Waals surface area contributed by atoms with E-state index in [9.17, 15) is 8.42 Å². The van der Waals surface area contributed by atoms with Crippen LogP contribution in [0.25, 0.3) is 0 Å². The molecular weight excluding hydrogens is 232 g/mol. The van der Waals surface area contributed by atoms with Crippen molar-refractivity contribution in [3.63, 3.8) is 0 Å². The van der Waals surface area contributed by atoms with E-state index in [-0.39, 0.29) is 16.0 Å². The number of nitrogens with one attached hydrogen (secondary N) is 1. The van der Waals surface area contributed by atoms with Crippen molar-refractivity contribution < 1.29 is 8.42 Å². The summed E-state index contributed by atoms with van der Waals surface area (Å²) in [5, 5.41) is 4.92. The molecule has 1 fully saturated rings. The molecule has 15 heavy (non-hydrogen) atoms. The van der Waals surface area contributed by atoms with Crippen LogP contribution >= 0.6 is 11.3 Å². The first-order valence-corrected chi connectivity index (χ1v) is 7.54. The van der Waals surface area contributed by atoms with Crippen molar-refractivity contribution in [3.05, 3.63) is 11.6 Å². The van der Waals surface area contributed by atoms with Gasteiger partial charge in [-0.1, -0.05) is 0 Å². The van der Waals surface area contributed by atoms with E-state index in [2.05, 4.69) is 10.3 Å². The molecule has 6 heteroatoms. The molecule has 1 aromatic heterocycles. The van der Waals surface area contributed by atoms with Gasteiger partial charge in [-0.3, -0.25) is 0 Å². The Morgan fingerprint density at radius 1 is 1.60 bits per heavy atom. The number of aromatic nitrogens is 1. The van der Waals surface area contributed by atoms with Crippen molar-refractivity contribution in [1.82, 2.24) is 10.3 Å². The zero-order chi connectivity index (χ0) is 10.7. The first kappa shape index (κ1) is 11.0. The average Bonchev–Trinajstić information content (AvgIpc) is 2.71. The lowest BCUT2D eigenvalue weighted by Crippen LogP contribution is -2.33. The van der Waals surface area contributed by atoms with Gasteiger partial charge in [0.2, 0.25) is 14.2 Å². The highest BCUT2D eigenvalue weighted by Crippen LogP contribution is 2.19. The van der Waals surface area contributed by atoms with Gasteiger partial charge in [0.25, 0.3) is 0 Å². The average molecular weight is 246 g/mol. The Balaban J connectivity index is 2.04. The summed E-state index contributed by atoms with van der Waals surface area (Å²) in [5.74, 6) is 0.473. The fourth-order valence-corrected chi connectivity index (χ4v) is 4.40. The molecule has 0 radical (unpaired) electrons. The molecule has 2 heterocycles. The van der Waals surface area contributed by atoms with Crippen LogP contribution in [0.1, 0.15) is 12.8 Å². The predicted octanol–water partition coefficient (Wildman–Crippen LogP) is 0.916. The van der Waals surface area contributed by atoms with Gasteiger partial charge < -0.3 is 5.32 Å². The third-order valence-corrected chi connectivity index (χ3v) is 5.69. The number of piperidine rings is 1. The second kappa shape index (κ2) is 4.59. The van der Waals surface area contributed by atoms with Gasteiger partial charge >= 0.3 is 0 Å². The largest absolute Gasteiger partial charge is 0.316 e. The molecule has 2 rings (SSSR count). The highest BCUT2D eigenvalue weighted by atomic mass is 32.2. The van der Waals surface area contributed by atoms with Gasteiger partial charge in [0.05, 0.1) is 5.75 Å². The van der Waals surface area contributed by atoms with Gasteiger partial charge in [-0.2, -0.15) is 0 Å². The summed E-state index contributed by atoms with van der Waals surface area (Å²) in [7, 11) is -3.15. The van der Waals surface area contributed by atoms with Crippen LogP contribution in [0.4, 0.5) is 0 Å².